The van der Waals surface area contributed by atoms with E-state index in [1.165, 1.54) is 17.8 Å². The van der Waals surface area contributed by atoms with E-state index in [1.54, 1.807) is 18.2 Å². The number of para-hydroxylation sites is 2. The van der Waals surface area contributed by atoms with Crippen molar-refractivity contribution in [1.82, 2.24) is 14.8 Å². The predicted molar refractivity (Wildman–Crippen MR) is 105 cm³/mol. The van der Waals surface area contributed by atoms with Crippen LogP contribution in [0.25, 0.3) is 5.69 Å². The van der Waals surface area contributed by atoms with Crippen molar-refractivity contribution in [2.45, 2.75) is 17.0 Å². The molecule has 27 heavy (non-hydrogen) atoms. The fraction of sp³-hybridized carbons (Fsp3) is 0.167. The highest BCUT2D eigenvalue weighted by Crippen LogP contribution is 2.23. The van der Waals surface area contributed by atoms with Gasteiger partial charge in [0.15, 0.2) is 15.0 Å². The van der Waals surface area contributed by atoms with E-state index in [4.69, 9.17) is 0 Å². The van der Waals surface area contributed by atoms with Gasteiger partial charge in [-0.3, -0.25) is 9.36 Å². The fourth-order valence-corrected chi connectivity index (χ4v) is 4.16. The average Bonchev–Trinajstić information content (AvgIpc) is 3.01. The lowest BCUT2D eigenvalue weighted by atomic mass is 10.3. The molecule has 0 aliphatic carbocycles. The Bertz CT molecular complexity index is 1060. The van der Waals surface area contributed by atoms with Gasteiger partial charge in [0, 0.05) is 11.9 Å². The third-order valence-corrected chi connectivity index (χ3v) is 5.79. The Balaban J connectivity index is 1.74. The first-order valence-electron chi connectivity index (χ1n) is 8.05. The second-order valence-electron chi connectivity index (χ2n) is 5.81. The average molecular weight is 403 g/mol. The van der Waals surface area contributed by atoms with Crippen LogP contribution in [0.3, 0.4) is 0 Å². The number of amides is 1. The second-order valence-corrected chi connectivity index (χ2v) is 8.73. The van der Waals surface area contributed by atoms with Gasteiger partial charge in [0.25, 0.3) is 0 Å². The zero-order valence-electron chi connectivity index (χ0n) is 14.8. The normalized spacial score (nSPS) is 11.3. The van der Waals surface area contributed by atoms with Crippen molar-refractivity contribution in [3.8, 4) is 5.69 Å². The molecule has 2 aromatic carbocycles. The Morgan fingerprint density at radius 1 is 1.07 bits per heavy atom. The Hall–Kier alpha value is -2.65. The number of carbonyl (C=O) groups is 1. The number of nitrogens with zero attached hydrogens (tertiary/aromatic N) is 3. The van der Waals surface area contributed by atoms with Crippen LogP contribution < -0.4 is 5.32 Å². The maximum Gasteiger partial charge on any atom is 0.234 e. The first-order chi connectivity index (χ1) is 12.9. The number of rotatable bonds is 6. The van der Waals surface area contributed by atoms with Gasteiger partial charge in [0.1, 0.15) is 5.82 Å². The maximum atomic E-state index is 12.3. The summed E-state index contributed by atoms with van der Waals surface area (Å²) in [6.07, 6.45) is 1.11. The number of thioether (sulfide) groups is 1. The zero-order chi connectivity index (χ0) is 19.4. The van der Waals surface area contributed by atoms with E-state index >= 15 is 0 Å². The highest BCUT2D eigenvalue weighted by Gasteiger charge is 2.16. The third-order valence-electron chi connectivity index (χ3n) is 3.70. The molecule has 3 rings (SSSR count). The van der Waals surface area contributed by atoms with Gasteiger partial charge in [0.2, 0.25) is 5.91 Å². The van der Waals surface area contributed by atoms with Crippen molar-refractivity contribution in [2.75, 3.05) is 17.3 Å². The minimum Gasteiger partial charge on any atom is -0.324 e. The number of benzene rings is 2. The Morgan fingerprint density at radius 2 is 1.74 bits per heavy atom. The van der Waals surface area contributed by atoms with Crippen LogP contribution in [0.4, 0.5) is 5.69 Å². The molecule has 140 valence electrons. The third kappa shape index (κ3) is 4.55. The van der Waals surface area contributed by atoms with Crippen LogP contribution in [0, 0.1) is 6.92 Å². The largest absolute Gasteiger partial charge is 0.324 e. The van der Waals surface area contributed by atoms with E-state index in [0.717, 1.165) is 11.9 Å². The number of aromatic nitrogens is 3. The molecule has 7 nitrogen and oxygen atoms in total. The molecule has 1 amide bonds. The highest BCUT2D eigenvalue weighted by molar-refractivity contribution is 7.99. The van der Waals surface area contributed by atoms with E-state index in [0.29, 0.717) is 11.0 Å². The summed E-state index contributed by atoms with van der Waals surface area (Å²) in [5.74, 6) is 0.464. The molecule has 0 unspecified atom stereocenters. The van der Waals surface area contributed by atoms with Crippen molar-refractivity contribution in [1.29, 1.82) is 0 Å². The smallest absolute Gasteiger partial charge is 0.234 e. The first kappa shape index (κ1) is 19.1. The minimum absolute atomic E-state index is 0.0725. The number of aryl methyl sites for hydroxylation is 1. The first-order valence-corrected chi connectivity index (χ1v) is 10.9. The second kappa shape index (κ2) is 7.93. The van der Waals surface area contributed by atoms with E-state index in [1.807, 2.05) is 41.8 Å². The lowest BCUT2D eigenvalue weighted by Crippen LogP contribution is -2.16. The topological polar surface area (TPSA) is 94.0 Å². The molecule has 0 saturated heterocycles. The van der Waals surface area contributed by atoms with E-state index < -0.39 is 9.84 Å². The number of hydrogen-bond donors (Lipinski definition) is 1. The van der Waals surface area contributed by atoms with Crippen LogP contribution in [0.5, 0.6) is 0 Å². The van der Waals surface area contributed by atoms with Gasteiger partial charge in [-0.05, 0) is 31.2 Å². The molecule has 3 aromatic rings. The molecule has 0 aliphatic heterocycles. The molecule has 0 aliphatic rings. The highest BCUT2D eigenvalue weighted by atomic mass is 32.2. The van der Waals surface area contributed by atoms with Crippen LogP contribution in [0.1, 0.15) is 5.82 Å². The fourth-order valence-electron chi connectivity index (χ4n) is 2.52. The molecule has 0 bridgehead atoms. The summed E-state index contributed by atoms with van der Waals surface area (Å²) in [7, 11) is -3.43. The number of nitrogens with one attached hydrogen (secondary N) is 1. The minimum atomic E-state index is -3.43. The lowest BCUT2D eigenvalue weighted by Gasteiger charge is -2.10. The number of sulfone groups is 1. The van der Waals surface area contributed by atoms with Gasteiger partial charge in [-0.25, -0.2) is 8.42 Å². The Morgan fingerprint density at radius 3 is 2.44 bits per heavy atom. The van der Waals surface area contributed by atoms with E-state index in [-0.39, 0.29) is 22.2 Å². The molecular weight excluding hydrogens is 384 g/mol. The SMILES string of the molecule is Cc1nnc(SCC(=O)Nc2ccccc2S(C)(=O)=O)n1-c1ccccc1. The molecule has 0 spiro atoms. The van der Waals surface area contributed by atoms with Crippen molar-refractivity contribution < 1.29 is 13.2 Å². The van der Waals surface area contributed by atoms with Crippen molar-refractivity contribution in [3.63, 3.8) is 0 Å². The molecule has 0 fully saturated rings. The number of anilines is 1. The van der Waals surface area contributed by atoms with Gasteiger partial charge in [-0.2, -0.15) is 0 Å². The predicted octanol–water partition coefficient (Wildman–Crippen LogP) is 2.71. The molecule has 9 heteroatoms. The summed E-state index contributed by atoms with van der Waals surface area (Å²) in [5.41, 5.74) is 1.18. The monoisotopic (exact) mass is 402 g/mol. The summed E-state index contributed by atoms with van der Waals surface area (Å²) in [6.45, 7) is 1.84. The quantitative estimate of drug-likeness (QED) is 0.637. The summed E-state index contributed by atoms with van der Waals surface area (Å²) < 4.78 is 25.5. The molecule has 1 heterocycles. The number of hydrogen-bond acceptors (Lipinski definition) is 6. The van der Waals surface area contributed by atoms with Gasteiger partial charge in [-0.1, -0.05) is 42.1 Å². The summed E-state index contributed by atoms with van der Waals surface area (Å²) in [5, 5.41) is 11.5. The molecule has 0 saturated carbocycles. The molecule has 1 N–H and O–H groups in total. The standard InChI is InChI=1S/C18H18N4O3S2/c1-13-20-21-18(22(13)14-8-4-3-5-9-14)26-12-17(23)19-15-10-6-7-11-16(15)27(2,24)25/h3-11H,12H2,1-2H3,(H,19,23). The maximum absolute atomic E-state index is 12.3. The van der Waals surface area contributed by atoms with Gasteiger partial charge in [0.05, 0.1) is 16.3 Å². The van der Waals surface area contributed by atoms with Gasteiger partial charge in [-0.15, -0.1) is 10.2 Å². The van der Waals surface area contributed by atoms with Gasteiger partial charge >= 0.3 is 0 Å². The van der Waals surface area contributed by atoms with Crippen molar-refractivity contribution in [3.05, 3.63) is 60.4 Å². The van der Waals surface area contributed by atoms with Crippen LogP contribution >= 0.6 is 11.8 Å². The van der Waals surface area contributed by atoms with Crippen molar-refractivity contribution >= 4 is 33.2 Å². The summed E-state index contributed by atoms with van der Waals surface area (Å²) in [6, 6.07) is 15.9. The lowest BCUT2D eigenvalue weighted by molar-refractivity contribution is -0.113. The summed E-state index contributed by atoms with van der Waals surface area (Å²) >= 11 is 1.23. The van der Waals surface area contributed by atoms with E-state index in [9.17, 15) is 13.2 Å². The van der Waals surface area contributed by atoms with Crippen LogP contribution in [0.2, 0.25) is 0 Å². The Labute approximate surface area is 161 Å². The molecule has 0 atom stereocenters. The summed E-state index contributed by atoms with van der Waals surface area (Å²) in [4.78, 5) is 12.4. The van der Waals surface area contributed by atoms with Crippen LogP contribution in [-0.2, 0) is 14.6 Å². The van der Waals surface area contributed by atoms with Crippen molar-refractivity contribution in [2.24, 2.45) is 0 Å². The van der Waals surface area contributed by atoms with Crippen LogP contribution in [-0.4, -0.2) is 41.1 Å². The van der Waals surface area contributed by atoms with Crippen LogP contribution in [0.15, 0.2) is 64.6 Å². The Kier molecular flexibility index (Phi) is 5.62. The van der Waals surface area contributed by atoms with E-state index in [2.05, 4.69) is 15.5 Å². The van der Waals surface area contributed by atoms with Gasteiger partial charge < -0.3 is 5.32 Å². The number of carbonyl (C=O) groups excluding carboxylic acids is 1. The molecule has 1 aromatic heterocycles. The molecular formula is C18H18N4O3S2. The molecule has 0 radical (unpaired) electrons. The zero-order valence-corrected chi connectivity index (χ0v) is 16.4.